The van der Waals surface area contributed by atoms with Crippen molar-refractivity contribution >= 4 is 23.1 Å². The molecule has 1 N–H and O–H groups in total. The number of fused-ring (bicyclic) bond motifs is 2. The zero-order chi connectivity index (χ0) is 16.5. The molecule has 2 aliphatic carbocycles. The van der Waals surface area contributed by atoms with Gasteiger partial charge in [-0.3, -0.25) is 4.79 Å². The third-order valence-corrected chi connectivity index (χ3v) is 4.43. The van der Waals surface area contributed by atoms with Crippen molar-refractivity contribution in [2.75, 3.05) is 12.4 Å². The van der Waals surface area contributed by atoms with Crippen LogP contribution >= 0.6 is 11.6 Å². The minimum absolute atomic E-state index is 0.0198. The number of oxazole rings is 1. The Balaban J connectivity index is 1.44. The highest BCUT2D eigenvalue weighted by Crippen LogP contribution is 2.63. The summed E-state index contributed by atoms with van der Waals surface area (Å²) in [5, 5.41) is 6.62. The van der Waals surface area contributed by atoms with Gasteiger partial charge in [0.1, 0.15) is 5.69 Å². The number of rotatable bonds is 1. The molecule has 0 radical (unpaired) electrons. The molecule has 24 heavy (non-hydrogen) atoms. The highest BCUT2D eigenvalue weighted by atomic mass is 35.5. The first-order valence-corrected chi connectivity index (χ1v) is 7.51. The van der Waals surface area contributed by atoms with E-state index in [9.17, 15) is 4.79 Å². The van der Waals surface area contributed by atoms with Crippen LogP contribution in [0.2, 0.25) is 5.15 Å². The van der Waals surface area contributed by atoms with E-state index in [4.69, 9.17) is 30.0 Å². The number of Topliss-reactive ketones (excluding diaryl/α,β-unsaturated/α-hetero) is 1. The average Bonchev–Trinajstić information content (AvgIpc) is 3.22. The van der Waals surface area contributed by atoms with Gasteiger partial charge in [0.05, 0.1) is 5.41 Å². The molecule has 0 unspecified atom stereocenters. The summed E-state index contributed by atoms with van der Waals surface area (Å²) in [6.07, 6.45) is 1.57. The third-order valence-electron chi connectivity index (χ3n) is 4.18. The molecule has 2 aromatic rings. The van der Waals surface area contributed by atoms with Crippen molar-refractivity contribution in [3.05, 3.63) is 28.3 Å². The molecule has 9 heteroatoms. The summed E-state index contributed by atoms with van der Waals surface area (Å²) < 4.78 is 21.5. The summed E-state index contributed by atoms with van der Waals surface area (Å²) >= 11 is 5.84. The number of aromatic nitrogens is 2. The number of hydrogen-bond acceptors (Lipinski definition) is 8. The monoisotopic (exact) mass is 345 g/mol. The molecule has 1 spiro atoms. The Labute approximate surface area is 139 Å². The second-order valence-electron chi connectivity index (χ2n) is 5.56. The maximum atomic E-state index is 12.0. The lowest BCUT2D eigenvalue weighted by atomic mass is 9.84. The zero-order valence-corrected chi connectivity index (χ0v) is 13.0. The van der Waals surface area contributed by atoms with E-state index in [0.29, 0.717) is 11.4 Å². The van der Waals surface area contributed by atoms with Gasteiger partial charge in [-0.15, -0.1) is 0 Å². The first-order valence-electron chi connectivity index (χ1n) is 7.13. The van der Waals surface area contributed by atoms with Gasteiger partial charge in [0.15, 0.2) is 10.9 Å². The number of anilines is 1. The molecule has 3 aliphatic rings. The maximum absolute atomic E-state index is 12.0. The van der Waals surface area contributed by atoms with E-state index in [-0.39, 0.29) is 40.2 Å². The van der Waals surface area contributed by atoms with Crippen molar-refractivity contribution in [1.29, 1.82) is 0 Å². The van der Waals surface area contributed by atoms with Crippen LogP contribution in [-0.2, 0) is 4.79 Å². The highest BCUT2D eigenvalue weighted by molar-refractivity contribution is 6.32. The van der Waals surface area contributed by atoms with Crippen molar-refractivity contribution in [2.24, 2.45) is 5.41 Å². The largest absolute Gasteiger partial charge is 0.433 e. The number of nitrogens with zero attached hydrogens (tertiary/aromatic N) is 2. The second-order valence-corrected chi connectivity index (χ2v) is 5.92. The van der Waals surface area contributed by atoms with E-state index >= 15 is 0 Å². The molecule has 0 atom stereocenters. The van der Waals surface area contributed by atoms with Gasteiger partial charge in [-0.1, -0.05) is 16.8 Å². The van der Waals surface area contributed by atoms with Gasteiger partial charge in [0.2, 0.25) is 17.3 Å². The predicted molar refractivity (Wildman–Crippen MR) is 78.5 cm³/mol. The molecule has 8 nitrogen and oxygen atoms in total. The quantitative estimate of drug-likeness (QED) is 0.784. The van der Waals surface area contributed by atoms with Gasteiger partial charge in [0.25, 0.3) is 5.89 Å². The summed E-state index contributed by atoms with van der Waals surface area (Å²) in [4.78, 5) is 16.1. The van der Waals surface area contributed by atoms with Crippen molar-refractivity contribution in [3.8, 4) is 23.7 Å². The normalized spacial score (nSPS) is 18.7. The zero-order valence-electron chi connectivity index (χ0n) is 12.2. The van der Waals surface area contributed by atoms with E-state index in [1.807, 2.05) is 0 Å². The van der Waals surface area contributed by atoms with E-state index in [1.54, 1.807) is 7.05 Å². The molecule has 1 saturated carbocycles. The Morgan fingerprint density at radius 1 is 1.29 bits per heavy atom. The second kappa shape index (κ2) is 4.33. The molecule has 0 aromatic carbocycles. The van der Waals surface area contributed by atoms with Crippen molar-refractivity contribution in [3.63, 3.8) is 0 Å². The summed E-state index contributed by atoms with van der Waals surface area (Å²) in [6, 6.07) is 0. The fraction of sp³-hybridized carbons (Fsp3) is 0.267. The predicted octanol–water partition coefficient (Wildman–Crippen LogP) is 2.10. The Morgan fingerprint density at radius 3 is 2.88 bits per heavy atom. The first-order chi connectivity index (χ1) is 11.6. The van der Waals surface area contributed by atoms with Gasteiger partial charge in [-0.2, -0.15) is 4.98 Å². The summed E-state index contributed by atoms with van der Waals surface area (Å²) in [7, 11) is 1.67. The van der Waals surface area contributed by atoms with Crippen LogP contribution in [0.3, 0.4) is 0 Å². The smallest absolute Gasteiger partial charge is 0.358 e. The Hall–Kier alpha value is -2.92. The lowest BCUT2D eigenvalue weighted by Crippen LogP contribution is -2.40. The van der Waals surface area contributed by atoms with Crippen LogP contribution in [0, 0.1) is 17.3 Å². The van der Waals surface area contributed by atoms with Crippen molar-refractivity contribution in [1.82, 2.24) is 10.1 Å². The van der Waals surface area contributed by atoms with Gasteiger partial charge in [-0.05, 0) is 18.8 Å². The van der Waals surface area contributed by atoms with Crippen LogP contribution in [0.1, 0.15) is 24.5 Å². The minimum atomic E-state index is -0.476. The molecule has 5 rings (SSSR count). The lowest BCUT2D eigenvalue weighted by molar-refractivity contribution is -0.127. The maximum Gasteiger partial charge on any atom is 0.358 e. The number of allylic oxidation sites excluding steroid dienone is 2. The molecular formula is C15H8ClN3O5. The number of ketones is 1. The number of ether oxygens (including phenoxy) is 2. The van der Waals surface area contributed by atoms with E-state index < -0.39 is 5.41 Å². The van der Waals surface area contributed by atoms with Gasteiger partial charge in [0, 0.05) is 13.0 Å². The number of carbonyl (C=O) groups excluding carboxylic acids is 1. The van der Waals surface area contributed by atoms with E-state index in [1.165, 1.54) is 0 Å². The van der Waals surface area contributed by atoms with Crippen LogP contribution in [0.25, 0.3) is 0 Å². The lowest BCUT2D eigenvalue weighted by Gasteiger charge is -2.31. The first kappa shape index (κ1) is 13.5. The van der Waals surface area contributed by atoms with E-state index in [2.05, 4.69) is 27.3 Å². The summed E-state index contributed by atoms with van der Waals surface area (Å²) in [5.41, 5.74) is -0.00534. The topological polar surface area (TPSA) is 99.6 Å². The highest BCUT2D eigenvalue weighted by Gasteiger charge is 2.67. The molecule has 1 fully saturated rings. The van der Waals surface area contributed by atoms with Gasteiger partial charge in [-0.25, -0.2) is 0 Å². The molecule has 120 valence electrons. The average molecular weight is 346 g/mol. The van der Waals surface area contributed by atoms with Crippen LogP contribution < -0.4 is 14.8 Å². The van der Waals surface area contributed by atoms with Crippen molar-refractivity contribution in [2.45, 2.75) is 12.8 Å². The fourth-order valence-corrected chi connectivity index (χ4v) is 2.96. The third kappa shape index (κ3) is 1.62. The Morgan fingerprint density at radius 2 is 2.12 bits per heavy atom. The Bertz CT molecular complexity index is 1000. The SMILES string of the molecule is CNc1c(Cl)noc1C#Cc1nc2c(o1)OC1=C(O2)C2(CC2)C1=O. The summed E-state index contributed by atoms with van der Waals surface area (Å²) in [6.45, 7) is 0. The standard InChI is InChI=1S/C15H8ClN3O5/c1-17-8-6(24-19-12(8)16)2-3-7-18-13-14(21-7)22-9-10(20)15(4-5-15)11(9)23-13/h17H,4-5H2,1H3. The van der Waals surface area contributed by atoms with Gasteiger partial charge < -0.3 is 23.7 Å². The van der Waals surface area contributed by atoms with Crippen LogP contribution in [0.5, 0.6) is 11.8 Å². The summed E-state index contributed by atoms with van der Waals surface area (Å²) in [5.74, 6) is 6.60. The Kier molecular flexibility index (Phi) is 2.44. The molecular weight excluding hydrogens is 338 g/mol. The number of nitrogens with one attached hydrogen (secondary N) is 1. The van der Waals surface area contributed by atoms with Crippen molar-refractivity contribution < 1.29 is 23.2 Å². The van der Waals surface area contributed by atoms with Crippen LogP contribution in [0.4, 0.5) is 5.69 Å². The minimum Gasteiger partial charge on any atom is -0.433 e. The van der Waals surface area contributed by atoms with Crippen LogP contribution in [-0.4, -0.2) is 23.0 Å². The molecule has 0 saturated heterocycles. The molecule has 0 amide bonds. The molecule has 2 aromatic heterocycles. The van der Waals surface area contributed by atoms with Gasteiger partial charge >= 0.3 is 11.8 Å². The fourth-order valence-electron chi connectivity index (χ4n) is 2.74. The van der Waals surface area contributed by atoms with E-state index in [0.717, 1.165) is 12.8 Å². The molecule has 3 heterocycles. The number of halogens is 1. The number of carbonyl (C=O) groups is 1. The molecule has 0 bridgehead atoms. The van der Waals surface area contributed by atoms with Crippen LogP contribution in [0.15, 0.2) is 20.5 Å². The molecule has 1 aliphatic heterocycles. The number of hydrogen-bond donors (Lipinski definition) is 1.